The average molecular weight is 384 g/mol. The third-order valence-electron chi connectivity index (χ3n) is 3.47. The fraction of sp³-hybridized carbons (Fsp3) is 0.0500. The summed E-state index contributed by atoms with van der Waals surface area (Å²) in [6.07, 6.45) is 0. The van der Waals surface area contributed by atoms with Gasteiger partial charge in [-0.2, -0.15) is 0 Å². The maximum atomic E-state index is 14.3. The number of para-hydroxylation sites is 1. The first-order valence-electron chi connectivity index (χ1n) is 7.55. The Morgan fingerprint density at radius 3 is 2.25 bits per heavy atom. The Labute approximate surface area is 146 Å². The molecule has 0 bridgehead atoms. The third kappa shape index (κ3) is 4.10. The van der Waals surface area contributed by atoms with Crippen LogP contribution in [0.25, 0.3) is 0 Å². The standard InChI is InChI=1S/C20H16FNOSe/c21-18-13-7-12-17(20(23)22-16-10-5-2-6-11-16)19(18)24-14-15-8-3-1-4-9-15/h1-13H,14H2,(H,22,23). The monoisotopic (exact) mass is 385 g/mol. The molecule has 0 atom stereocenters. The number of nitrogens with one attached hydrogen (secondary N) is 1. The molecule has 0 aliphatic carbocycles. The van der Waals surface area contributed by atoms with Crippen LogP contribution >= 0.6 is 0 Å². The molecule has 0 aliphatic rings. The molecule has 3 aromatic carbocycles. The van der Waals surface area contributed by atoms with Crippen LogP contribution in [0.1, 0.15) is 15.9 Å². The summed E-state index contributed by atoms with van der Waals surface area (Å²) in [6, 6.07) is 23.8. The van der Waals surface area contributed by atoms with E-state index in [1.54, 1.807) is 12.1 Å². The summed E-state index contributed by atoms with van der Waals surface area (Å²) < 4.78 is 14.8. The second-order valence-corrected chi connectivity index (χ2v) is 7.28. The van der Waals surface area contributed by atoms with Crippen LogP contribution < -0.4 is 9.78 Å². The molecule has 0 saturated heterocycles. The van der Waals surface area contributed by atoms with E-state index in [-0.39, 0.29) is 26.7 Å². The molecule has 0 radical (unpaired) electrons. The van der Waals surface area contributed by atoms with Gasteiger partial charge in [0, 0.05) is 0 Å². The van der Waals surface area contributed by atoms with Gasteiger partial charge in [-0.3, -0.25) is 0 Å². The minimum atomic E-state index is -0.313. The van der Waals surface area contributed by atoms with Crippen LogP contribution in [0.2, 0.25) is 0 Å². The van der Waals surface area contributed by atoms with E-state index in [0.29, 0.717) is 15.7 Å². The van der Waals surface area contributed by atoms with Crippen LogP contribution in [0.3, 0.4) is 0 Å². The van der Waals surface area contributed by atoms with Crippen molar-refractivity contribution in [3.05, 3.63) is 95.8 Å². The Bertz CT molecular complexity index is 822. The third-order valence-corrected chi connectivity index (χ3v) is 5.95. The molecule has 0 aliphatic heterocycles. The van der Waals surface area contributed by atoms with Gasteiger partial charge in [0.25, 0.3) is 0 Å². The number of halogens is 1. The normalized spacial score (nSPS) is 10.4. The van der Waals surface area contributed by atoms with Crippen LogP contribution in [-0.4, -0.2) is 20.9 Å². The van der Waals surface area contributed by atoms with Gasteiger partial charge < -0.3 is 0 Å². The van der Waals surface area contributed by atoms with Crippen LogP contribution in [0.4, 0.5) is 10.1 Å². The molecule has 3 rings (SSSR count). The van der Waals surface area contributed by atoms with Gasteiger partial charge in [0.05, 0.1) is 0 Å². The SMILES string of the molecule is O=C(Nc1ccccc1)c1cccc(F)c1[Se]Cc1ccccc1. The summed E-state index contributed by atoms with van der Waals surface area (Å²) in [5.41, 5.74) is 2.26. The van der Waals surface area contributed by atoms with Gasteiger partial charge in [0.1, 0.15) is 0 Å². The fourth-order valence-electron chi connectivity index (χ4n) is 2.28. The maximum absolute atomic E-state index is 14.3. The van der Waals surface area contributed by atoms with Crippen LogP contribution in [0, 0.1) is 5.82 Å². The molecular formula is C20H16FNOSe. The predicted molar refractivity (Wildman–Crippen MR) is 96.3 cm³/mol. The van der Waals surface area contributed by atoms with Crippen molar-refractivity contribution in [3.63, 3.8) is 0 Å². The van der Waals surface area contributed by atoms with Crippen molar-refractivity contribution in [2.24, 2.45) is 0 Å². The minimum absolute atomic E-state index is 0.157. The van der Waals surface area contributed by atoms with Gasteiger partial charge in [0.15, 0.2) is 0 Å². The number of carbonyl (C=O) groups excluding carboxylic acids is 1. The van der Waals surface area contributed by atoms with E-state index in [1.807, 2.05) is 60.7 Å². The quantitative estimate of drug-likeness (QED) is 0.669. The Hall–Kier alpha value is -2.42. The number of hydrogen-bond acceptors (Lipinski definition) is 1. The Morgan fingerprint density at radius 2 is 1.54 bits per heavy atom. The van der Waals surface area contributed by atoms with Crippen molar-refractivity contribution in [1.29, 1.82) is 0 Å². The van der Waals surface area contributed by atoms with E-state index < -0.39 is 0 Å². The van der Waals surface area contributed by atoms with E-state index in [0.717, 1.165) is 10.9 Å². The van der Waals surface area contributed by atoms with Gasteiger partial charge in [-0.25, -0.2) is 0 Å². The Morgan fingerprint density at radius 1 is 0.875 bits per heavy atom. The van der Waals surface area contributed by atoms with Crippen molar-refractivity contribution in [2.45, 2.75) is 5.32 Å². The zero-order valence-corrected chi connectivity index (χ0v) is 14.6. The van der Waals surface area contributed by atoms with Crippen molar-refractivity contribution in [3.8, 4) is 0 Å². The summed E-state index contributed by atoms with van der Waals surface area (Å²) in [7, 11) is 0. The molecule has 0 fully saturated rings. The summed E-state index contributed by atoms with van der Waals surface area (Å²) in [4.78, 5) is 12.5. The number of benzene rings is 3. The number of rotatable bonds is 5. The van der Waals surface area contributed by atoms with Gasteiger partial charge in [0.2, 0.25) is 0 Å². The molecule has 2 nitrogen and oxygen atoms in total. The molecule has 1 N–H and O–H groups in total. The zero-order chi connectivity index (χ0) is 16.8. The number of anilines is 1. The van der Waals surface area contributed by atoms with Crippen molar-refractivity contribution in [2.75, 3.05) is 5.32 Å². The fourth-order valence-corrected chi connectivity index (χ4v) is 4.44. The molecule has 0 unspecified atom stereocenters. The average Bonchev–Trinajstić information content (AvgIpc) is 2.62. The second-order valence-electron chi connectivity index (χ2n) is 5.21. The number of amides is 1. The molecule has 0 heterocycles. The van der Waals surface area contributed by atoms with E-state index in [1.165, 1.54) is 6.07 Å². The second kappa shape index (κ2) is 7.91. The molecular weight excluding hydrogens is 368 g/mol. The van der Waals surface area contributed by atoms with Crippen LogP contribution in [0.5, 0.6) is 0 Å². The van der Waals surface area contributed by atoms with Gasteiger partial charge in [-0.05, 0) is 0 Å². The first-order valence-corrected chi connectivity index (χ1v) is 9.62. The summed E-state index contributed by atoms with van der Waals surface area (Å²) in [5, 5.41) is 3.58. The van der Waals surface area contributed by atoms with E-state index in [2.05, 4.69) is 5.32 Å². The topological polar surface area (TPSA) is 29.1 Å². The Kier molecular flexibility index (Phi) is 5.42. The molecule has 24 heavy (non-hydrogen) atoms. The molecule has 120 valence electrons. The van der Waals surface area contributed by atoms with E-state index >= 15 is 0 Å². The molecule has 1 amide bonds. The van der Waals surface area contributed by atoms with E-state index in [9.17, 15) is 9.18 Å². The first kappa shape index (κ1) is 16.4. The van der Waals surface area contributed by atoms with Crippen molar-refractivity contribution in [1.82, 2.24) is 0 Å². The number of hydrogen-bond donors (Lipinski definition) is 1. The zero-order valence-electron chi connectivity index (χ0n) is 12.9. The summed E-state index contributed by atoms with van der Waals surface area (Å²) in [5.74, 6) is -0.586. The predicted octanol–water partition coefficient (Wildman–Crippen LogP) is 3.61. The molecule has 0 saturated carbocycles. The molecule has 0 spiro atoms. The van der Waals surface area contributed by atoms with Gasteiger partial charge in [-0.1, -0.05) is 0 Å². The summed E-state index contributed by atoms with van der Waals surface area (Å²) in [6.45, 7) is 0. The van der Waals surface area contributed by atoms with Gasteiger partial charge >= 0.3 is 147 Å². The van der Waals surface area contributed by atoms with Gasteiger partial charge in [-0.15, -0.1) is 0 Å². The Balaban J connectivity index is 1.80. The van der Waals surface area contributed by atoms with Crippen molar-refractivity contribution >= 4 is 31.0 Å². The van der Waals surface area contributed by atoms with Crippen LogP contribution in [-0.2, 0) is 5.32 Å². The molecule has 4 heteroatoms. The number of carbonyl (C=O) groups is 1. The van der Waals surface area contributed by atoms with Crippen molar-refractivity contribution < 1.29 is 9.18 Å². The van der Waals surface area contributed by atoms with E-state index in [4.69, 9.17) is 0 Å². The van der Waals surface area contributed by atoms with Crippen LogP contribution in [0.15, 0.2) is 78.9 Å². The molecule has 3 aromatic rings. The molecule has 0 aromatic heterocycles. The first-order chi connectivity index (χ1) is 11.7. The summed E-state index contributed by atoms with van der Waals surface area (Å²) >= 11 is -0.157.